The summed E-state index contributed by atoms with van der Waals surface area (Å²) in [6, 6.07) is 6.47. The van der Waals surface area contributed by atoms with Crippen molar-refractivity contribution < 1.29 is 0 Å². The molecule has 0 unspecified atom stereocenters. The average Bonchev–Trinajstić information content (AvgIpc) is 1.80. The van der Waals surface area contributed by atoms with E-state index in [0.717, 1.165) is 0 Å². The minimum atomic E-state index is 1.32. The van der Waals surface area contributed by atoms with Gasteiger partial charge in [-0.1, -0.05) is 6.07 Å². The highest BCUT2D eigenvalue weighted by Gasteiger charge is 1.90. The van der Waals surface area contributed by atoms with Gasteiger partial charge in [-0.2, -0.15) is 0 Å². The second-order valence-electron chi connectivity index (χ2n) is 2.23. The van der Waals surface area contributed by atoms with Crippen molar-refractivity contribution in [3.63, 3.8) is 0 Å². The first-order valence-electron chi connectivity index (χ1n) is 2.93. The van der Waals surface area contributed by atoms with E-state index >= 15 is 0 Å². The fourth-order valence-electron chi connectivity index (χ4n) is 0.705. The Kier molecular flexibility index (Phi) is 2.11. The number of benzene rings is 1. The monoisotopic (exact) mass is 232 g/mol. The van der Waals surface area contributed by atoms with Crippen molar-refractivity contribution in [2.75, 3.05) is 0 Å². The minimum absolute atomic E-state index is 1.32. The van der Waals surface area contributed by atoms with E-state index in [0.29, 0.717) is 0 Å². The van der Waals surface area contributed by atoms with E-state index in [1.165, 1.54) is 14.7 Å². The lowest BCUT2D eigenvalue weighted by atomic mass is 10.1. The van der Waals surface area contributed by atoms with Crippen LogP contribution in [-0.4, -0.2) is 0 Å². The molecule has 1 rings (SSSR count). The maximum atomic E-state index is 2.32. The molecule has 0 bridgehead atoms. The Morgan fingerprint density at radius 3 is 2.22 bits per heavy atom. The highest BCUT2D eigenvalue weighted by molar-refractivity contribution is 14.1. The highest BCUT2D eigenvalue weighted by atomic mass is 127. The van der Waals surface area contributed by atoms with Gasteiger partial charge in [0.15, 0.2) is 0 Å². The molecule has 0 radical (unpaired) electrons. The van der Waals surface area contributed by atoms with Crippen molar-refractivity contribution >= 4 is 22.6 Å². The zero-order chi connectivity index (χ0) is 6.85. The molecule has 0 aliphatic heterocycles. The molecule has 0 saturated carbocycles. The van der Waals surface area contributed by atoms with Crippen LogP contribution < -0.4 is 0 Å². The summed E-state index contributed by atoms with van der Waals surface area (Å²) in [6.45, 7) is 4.27. The highest BCUT2D eigenvalue weighted by Crippen LogP contribution is 2.10. The lowest BCUT2D eigenvalue weighted by Crippen LogP contribution is -1.79. The quantitative estimate of drug-likeness (QED) is 0.603. The van der Waals surface area contributed by atoms with E-state index in [9.17, 15) is 0 Å². The fourth-order valence-corrected chi connectivity index (χ4v) is 1.35. The van der Waals surface area contributed by atoms with Crippen LogP contribution >= 0.6 is 22.6 Å². The topological polar surface area (TPSA) is 0 Å². The summed E-state index contributed by atoms with van der Waals surface area (Å²) in [5.74, 6) is 0. The van der Waals surface area contributed by atoms with Crippen molar-refractivity contribution in [3.05, 3.63) is 32.9 Å². The second kappa shape index (κ2) is 2.69. The summed E-state index contributed by atoms with van der Waals surface area (Å²) in [6.07, 6.45) is 0. The SMILES string of the molecule is Cc1ccc(I)cc1C. The van der Waals surface area contributed by atoms with E-state index in [1.807, 2.05) is 0 Å². The standard InChI is InChI=1S/C8H9I/c1-6-3-4-8(9)5-7(6)2/h3-5H,1-2H3. The van der Waals surface area contributed by atoms with Gasteiger partial charge in [0, 0.05) is 3.57 Å². The van der Waals surface area contributed by atoms with Crippen LogP contribution in [0.25, 0.3) is 0 Å². The molecular weight excluding hydrogens is 223 g/mol. The average molecular weight is 232 g/mol. The molecule has 0 fully saturated rings. The molecule has 1 heteroatoms. The number of halogens is 1. The molecule has 1 aromatic carbocycles. The molecule has 0 spiro atoms. The number of hydrogen-bond donors (Lipinski definition) is 0. The van der Waals surface area contributed by atoms with Gasteiger partial charge in [0.1, 0.15) is 0 Å². The van der Waals surface area contributed by atoms with E-state index in [1.54, 1.807) is 0 Å². The normalized spacial score (nSPS) is 9.67. The van der Waals surface area contributed by atoms with Gasteiger partial charge in [-0.3, -0.25) is 0 Å². The Balaban J connectivity index is 3.17. The van der Waals surface area contributed by atoms with Gasteiger partial charge in [-0.05, 0) is 59.7 Å². The molecule has 0 atom stereocenters. The van der Waals surface area contributed by atoms with Crippen LogP contribution in [-0.2, 0) is 0 Å². The Morgan fingerprint density at radius 1 is 1.11 bits per heavy atom. The molecule has 48 valence electrons. The van der Waals surface area contributed by atoms with Gasteiger partial charge in [0.2, 0.25) is 0 Å². The summed E-state index contributed by atoms with van der Waals surface area (Å²) in [4.78, 5) is 0. The van der Waals surface area contributed by atoms with Crippen LogP contribution in [0.3, 0.4) is 0 Å². The van der Waals surface area contributed by atoms with Crippen LogP contribution in [0, 0.1) is 17.4 Å². The smallest absolute Gasteiger partial charge is 0.0133 e. The number of hydrogen-bond acceptors (Lipinski definition) is 0. The van der Waals surface area contributed by atoms with Gasteiger partial charge in [0.25, 0.3) is 0 Å². The maximum Gasteiger partial charge on any atom is 0.0133 e. The fraction of sp³-hybridized carbons (Fsp3) is 0.250. The molecule has 0 N–H and O–H groups in total. The third-order valence-electron chi connectivity index (χ3n) is 1.47. The van der Waals surface area contributed by atoms with Crippen molar-refractivity contribution in [1.29, 1.82) is 0 Å². The number of rotatable bonds is 0. The summed E-state index contributed by atoms with van der Waals surface area (Å²) >= 11 is 2.32. The molecule has 0 heterocycles. The molecule has 9 heavy (non-hydrogen) atoms. The Morgan fingerprint density at radius 2 is 1.78 bits per heavy atom. The number of aryl methyl sites for hydroxylation is 2. The Bertz CT molecular complexity index is 216. The molecule has 0 nitrogen and oxygen atoms in total. The first-order valence-corrected chi connectivity index (χ1v) is 4.01. The van der Waals surface area contributed by atoms with Crippen LogP contribution in [0.4, 0.5) is 0 Å². The minimum Gasteiger partial charge on any atom is -0.0580 e. The largest absolute Gasteiger partial charge is 0.0580 e. The third-order valence-corrected chi connectivity index (χ3v) is 2.14. The van der Waals surface area contributed by atoms with E-state index in [2.05, 4.69) is 54.6 Å². The zero-order valence-electron chi connectivity index (χ0n) is 5.61. The van der Waals surface area contributed by atoms with Crippen molar-refractivity contribution in [1.82, 2.24) is 0 Å². The predicted molar refractivity (Wildman–Crippen MR) is 48.6 cm³/mol. The van der Waals surface area contributed by atoms with Gasteiger partial charge in [-0.25, -0.2) is 0 Å². The molecule has 0 aromatic heterocycles. The molecule has 1 aromatic rings. The molecule has 0 amide bonds. The van der Waals surface area contributed by atoms with Crippen molar-refractivity contribution in [3.8, 4) is 0 Å². The van der Waals surface area contributed by atoms with Gasteiger partial charge < -0.3 is 0 Å². The van der Waals surface area contributed by atoms with Crippen LogP contribution in [0.1, 0.15) is 11.1 Å². The second-order valence-corrected chi connectivity index (χ2v) is 3.47. The first-order chi connectivity index (χ1) is 4.20. The lowest BCUT2D eigenvalue weighted by molar-refractivity contribution is 1.33. The van der Waals surface area contributed by atoms with Gasteiger partial charge >= 0.3 is 0 Å². The van der Waals surface area contributed by atoms with Gasteiger partial charge in [0.05, 0.1) is 0 Å². The first kappa shape index (κ1) is 7.06. The van der Waals surface area contributed by atoms with Gasteiger partial charge in [-0.15, -0.1) is 0 Å². The zero-order valence-corrected chi connectivity index (χ0v) is 7.77. The van der Waals surface area contributed by atoms with Crippen molar-refractivity contribution in [2.24, 2.45) is 0 Å². The van der Waals surface area contributed by atoms with E-state index < -0.39 is 0 Å². The Hall–Kier alpha value is -0.0500. The third kappa shape index (κ3) is 1.68. The maximum absolute atomic E-state index is 2.32. The van der Waals surface area contributed by atoms with Crippen LogP contribution in [0.5, 0.6) is 0 Å². The molecular formula is C8H9I. The summed E-state index contributed by atoms with van der Waals surface area (Å²) < 4.78 is 1.32. The molecule has 0 aliphatic rings. The summed E-state index contributed by atoms with van der Waals surface area (Å²) in [5.41, 5.74) is 2.75. The predicted octanol–water partition coefficient (Wildman–Crippen LogP) is 2.91. The Labute approximate surface area is 69.4 Å². The van der Waals surface area contributed by atoms with E-state index in [-0.39, 0.29) is 0 Å². The van der Waals surface area contributed by atoms with Crippen molar-refractivity contribution in [2.45, 2.75) is 13.8 Å². The molecule has 0 saturated heterocycles. The van der Waals surface area contributed by atoms with E-state index in [4.69, 9.17) is 0 Å². The summed E-state index contributed by atoms with van der Waals surface area (Å²) in [7, 11) is 0. The summed E-state index contributed by atoms with van der Waals surface area (Å²) in [5, 5.41) is 0. The lowest BCUT2D eigenvalue weighted by Gasteiger charge is -1.97. The van der Waals surface area contributed by atoms with Crippen LogP contribution in [0.15, 0.2) is 18.2 Å². The molecule has 0 aliphatic carbocycles. The van der Waals surface area contributed by atoms with Crippen LogP contribution in [0.2, 0.25) is 0 Å².